The third kappa shape index (κ3) is 3.14. The van der Waals surface area contributed by atoms with Gasteiger partial charge in [0, 0.05) is 20.3 Å². The first-order valence-electron chi connectivity index (χ1n) is 6.02. The normalized spacial score (nSPS) is 13.1. The highest BCUT2D eigenvalue weighted by atomic mass is 79.9. The van der Waals surface area contributed by atoms with Crippen LogP contribution in [0.5, 0.6) is 0 Å². The molecule has 110 valence electrons. The van der Waals surface area contributed by atoms with Crippen molar-refractivity contribution in [2.24, 2.45) is 0 Å². The molecule has 0 spiro atoms. The predicted molar refractivity (Wildman–Crippen MR) is 79.6 cm³/mol. The van der Waals surface area contributed by atoms with Crippen molar-refractivity contribution >= 4 is 38.6 Å². The van der Waals surface area contributed by atoms with Gasteiger partial charge in [0.2, 0.25) is 0 Å². The standard InChI is InChI=1S/C13H15BrClFN2O2/c1-19-7-8(20-2)6-18-12-3-9(14)10(16)4-11(12)17-13(18)5-15/h3-4,8H,5-7H2,1-2H3. The lowest BCUT2D eigenvalue weighted by Gasteiger charge is -2.17. The lowest BCUT2D eigenvalue weighted by Crippen LogP contribution is -2.24. The molecule has 1 unspecified atom stereocenters. The van der Waals surface area contributed by atoms with E-state index in [4.69, 9.17) is 21.1 Å². The average molecular weight is 366 g/mol. The van der Waals surface area contributed by atoms with Crippen molar-refractivity contribution in [2.45, 2.75) is 18.5 Å². The maximum atomic E-state index is 13.6. The number of alkyl halides is 1. The van der Waals surface area contributed by atoms with Crippen molar-refractivity contribution in [2.75, 3.05) is 20.8 Å². The summed E-state index contributed by atoms with van der Waals surface area (Å²) < 4.78 is 26.4. The molecule has 20 heavy (non-hydrogen) atoms. The van der Waals surface area contributed by atoms with Crippen LogP contribution in [0.3, 0.4) is 0 Å². The summed E-state index contributed by atoms with van der Waals surface area (Å²) in [5, 5.41) is 0. The van der Waals surface area contributed by atoms with Crippen LogP contribution in [0, 0.1) is 5.82 Å². The largest absolute Gasteiger partial charge is 0.382 e. The number of methoxy groups -OCH3 is 2. The minimum Gasteiger partial charge on any atom is -0.382 e. The van der Waals surface area contributed by atoms with Crippen LogP contribution >= 0.6 is 27.5 Å². The fourth-order valence-electron chi connectivity index (χ4n) is 2.06. The van der Waals surface area contributed by atoms with Crippen LogP contribution in [-0.4, -0.2) is 36.5 Å². The Kier molecular flexibility index (Phi) is 5.37. The van der Waals surface area contributed by atoms with Gasteiger partial charge < -0.3 is 14.0 Å². The zero-order valence-corrected chi connectivity index (χ0v) is 13.5. The molecule has 0 aliphatic carbocycles. The zero-order valence-electron chi connectivity index (χ0n) is 11.2. The highest BCUT2D eigenvalue weighted by Crippen LogP contribution is 2.25. The second-order valence-corrected chi connectivity index (χ2v) is 5.46. The molecule has 0 amide bonds. The van der Waals surface area contributed by atoms with Crippen molar-refractivity contribution < 1.29 is 13.9 Å². The number of nitrogens with zero attached hydrogens (tertiary/aromatic N) is 2. The molecule has 1 aromatic heterocycles. The van der Waals surface area contributed by atoms with Crippen molar-refractivity contribution in [1.29, 1.82) is 0 Å². The van der Waals surface area contributed by atoms with E-state index in [1.54, 1.807) is 20.3 Å². The van der Waals surface area contributed by atoms with Crippen molar-refractivity contribution in [3.63, 3.8) is 0 Å². The molecule has 0 aliphatic rings. The lowest BCUT2D eigenvalue weighted by atomic mass is 10.3. The first kappa shape index (κ1) is 15.7. The molecule has 0 bridgehead atoms. The summed E-state index contributed by atoms with van der Waals surface area (Å²) in [6, 6.07) is 3.09. The van der Waals surface area contributed by atoms with Crippen molar-refractivity contribution in [3.05, 3.63) is 28.2 Å². The number of aromatic nitrogens is 2. The summed E-state index contributed by atoms with van der Waals surface area (Å²) in [5.41, 5.74) is 1.39. The van der Waals surface area contributed by atoms with Gasteiger partial charge in [-0.2, -0.15) is 0 Å². The summed E-state index contributed by atoms with van der Waals surface area (Å²) in [7, 11) is 3.24. The van der Waals surface area contributed by atoms with E-state index in [0.29, 0.717) is 29.0 Å². The average Bonchev–Trinajstić information content (AvgIpc) is 2.76. The monoisotopic (exact) mass is 364 g/mol. The maximum Gasteiger partial charge on any atom is 0.139 e. The van der Waals surface area contributed by atoms with Crippen molar-refractivity contribution in [3.8, 4) is 0 Å². The van der Waals surface area contributed by atoms with Crippen LogP contribution in [0.1, 0.15) is 5.82 Å². The quantitative estimate of drug-likeness (QED) is 0.737. The summed E-state index contributed by atoms with van der Waals surface area (Å²) in [6.45, 7) is 1.00. The number of halogens is 3. The molecule has 0 aliphatic heterocycles. The van der Waals surface area contributed by atoms with Gasteiger partial charge in [0.15, 0.2) is 0 Å². The van der Waals surface area contributed by atoms with Crippen molar-refractivity contribution in [1.82, 2.24) is 9.55 Å². The summed E-state index contributed by atoms with van der Waals surface area (Å²) in [4.78, 5) is 4.35. The van der Waals surface area contributed by atoms with Gasteiger partial charge in [-0.05, 0) is 22.0 Å². The smallest absolute Gasteiger partial charge is 0.139 e. The van der Waals surface area contributed by atoms with Crippen LogP contribution < -0.4 is 0 Å². The second kappa shape index (κ2) is 6.85. The van der Waals surface area contributed by atoms with Crippen LogP contribution in [0.4, 0.5) is 4.39 Å². The van der Waals surface area contributed by atoms with Crippen LogP contribution in [0.2, 0.25) is 0 Å². The van der Waals surface area contributed by atoms with Gasteiger partial charge in [0.1, 0.15) is 11.6 Å². The summed E-state index contributed by atoms with van der Waals surface area (Å²) in [6.07, 6.45) is -0.122. The number of hydrogen-bond acceptors (Lipinski definition) is 3. The summed E-state index contributed by atoms with van der Waals surface area (Å²) >= 11 is 9.12. The Labute approximate surface area is 130 Å². The Balaban J connectivity index is 2.46. The topological polar surface area (TPSA) is 36.3 Å². The highest BCUT2D eigenvalue weighted by Gasteiger charge is 2.16. The van der Waals surface area contributed by atoms with Gasteiger partial charge in [-0.1, -0.05) is 0 Å². The predicted octanol–water partition coefficient (Wildman–Crippen LogP) is 3.34. The second-order valence-electron chi connectivity index (χ2n) is 4.34. The molecule has 4 nitrogen and oxygen atoms in total. The van der Waals surface area contributed by atoms with Crippen LogP contribution in [0.15, 0.2) is 16.6 Å². The molecule has 0 saturated heterocycles. The van der Waals surface area contributed by atoms with E-state index in [2.05, 4.69) is 20.9 Å². The minimum atomic E-state index is -0.344. The van der Waals surface area contributed by atoms with E-state index >= 15 is 0 Å². The molecular formula is C13H15BrClFN2O2. The van der Waals surface area contributed by atoms with Gasteiger partial charge in [-0.15, -0.1) is 11.6 Å². The van der Waals surface area contributed by atoms with Gasteiger partial charge in [0.05, 0.1) is 40.6 Å². The molecule has 7 heteroatoms. The Morgan fingerprint density at radius 2 is 2.20 bits per heavy atom. The molecule has 0 radical (unpaired) electrons. The first-order chi connectivity index (χ1) is 9.60. The van der Waals surface area contributed by atoms with E-state index in [-0.39, 0.29) is 17.8 Å². The molecule has 2 aromatic rings. The fourth-order valence-corrected chi connectivity index (χ4v) is 2.60. The molecular weight excluding hydrogens is 351 g/mol. The lowest BCUT2D eigenvalue weighted by molar-refractivity contribution is 0.0186. The number of imidazole rings is 1. The Morgan fingerprint density at radius 1 is 1.45 bits per heavy atom. The minimum absolute atomic E-state index is 0.122. The van der Waals surface area contributed by atoms with Crippen LogP contribution in [0.25, 0.3) is 11.0 Å². The zero-order chi connectivity index (χ0) is 14.7. The number of fused-ring (bicyclic) bond motifs is 1. The third-order valence-electron chi connectivity index (χ3n) is 3.06. The molecule has 0 fully saturated rings. The van der Waals surface area contributed by atoms with Gasteiger partial charge >= 0.3 is 0 Å². The molecule has 2 rings (SSSR count). The highest BCUT2D eigenvalue weighted by molar-refractivity contribution is 9.10. The van der Waals surface area contributed by atoms with E-state index < -0.39 is 0 Å². The van der Waals surface area contributed by atoms with E-state index in [0.717, 1.165) is 5.52 Å². The van der Waals surface area contributed by atoms with Crippen LogP contribution in [-0.2, 0) is 21.9 Å². The Hall–Kier alpha value is -0.690. The molecule has 0 saturated carbocycles. The van der Waals surface area contributed by atoms with E-state index in [1.807, 2.05) is 4.57 Å². The molecule has 0 N–H and O–H groups in total. The number of rotatable bonds is 6. The van der Waals surface area contributed by atoms with E-state index in [1.165, 1.54) is 6.07 Å². The number of benzene rings is 1. The fraction of sp³-hybridized carbons (Fsp3) is 0.462. The SMILES string of the molecule is COCC(Cn1c(CCl)nc2cc(F)c(Br)cc21)OC. The first-order valence-corrected chi connectivity index (χ1v) is 7.35. The van der Waals surface area contributed by atoms with Gasteiger partial charge in [-0.3, -0.25) is 0 Å². The summed E-state index contributed by atoms with van der Waals surface area (Å²) in [5.74, 6) is 0.581. The molecule has 1 aromatic carbocycles. The van der Waals surface area contributed by atoms with Gasteiger partial charge in [-0.25, -0.2) is 9.37 Å². The maximum absolute atomic E-state index is 13.6. The Bertz CT molecular complexity index is 606. The molecule has 1 atom stereocenters. The van der Waals surface area contributed by atoms with E-state index in [9.17, 15) is 4.39 Å². The number of ether oxygens (including phenoxy) is 2. The number of hydrogen-bond donors (Lipinski definition) is 0. The molecule has 1 heterocycles. The van der Waals surface area contributed by atoms with Gasteiger partial charge in [0.25, 0.3) is 0 Å². The third-order valence-corrected chi connectivity index (χ3v) is 3.91. The Morgan fingerprint density at radius 3 is 2.80 bits per heavy atom.